The fourth-order valence-corrected chi connectivity index (χ4v) is 3.64. The number of nitrogens with zero attached hydrogens (tertiary/aromatic N) is 2. The number of aliphatic imine (C=N–C) groups is 1. The first-order chi connectivity index (χ1) is 11.9. The molecule has 1 aliphatic heterocycles. The first kappa shape index (κ1) is 22.8. The van der Waals surface area contributed by atoms with Crippen molar-refractivity contribution in [2.24, 2.45) is 10.9 Å². The van der Waals surface area contributed by atoms with E-state index in [0.717, 1.165) is 0 Å². The van der Waals surface area contributed by atoms with E-state index in [4.69, 9.17) is 9.47 Å². The highest BCUT2D eigenvalue weighted by Crippen LogP contribution is 2.25. The summed E-state index contributed by atoms with van der Waals surface area (Å²) in [5.41, 5.74) is -0.569. The molecule has 0 saturated carbocycles. The van der Waals surface area contributed by atoms with Crippen LogP contribution in [0, 0.1) is 5.92 Å². The molecule has 1 heterocycles. The Morgan fingerprint density at radius 3 is 2.50 bits per heavy atom. The first-order valence-corrected chi connectivity index (χ1v) is 9.87. The monoisotopic (exact) mass is 388 g/mol. The van der Waals surface area contributed by atoms with Crippen molar-refractivity contribution in [3.63, 3.8) is 0 Å². The zero-order chi connectivity index (χ0) is 20.1. The molecule has 0 radical (unpaired) electrons. The molecular formula is C18H32N2O5S. The molecule has 0 aromatic rings. The molecule has 0 spiro atoms. The van der Waals surface area contributed by atoms with Gasteiger partial charge in [0.25, 0.3) is 0 Å². The number of aliphatic hydroxyl groups is 1. The van der Waals surface area contributed by atoms with Crippen LogP contribution in [0.1, 0.15) is 48.0 Å². The molecule has 8 heteroatoms. The minimum absolute atomic E-state index is 0.130. The minimum Gasteiger partial charge on any atom is -0.464 e. The molecule has 0 fully saturated rings. The van der Waals surface area contributed by atoms with Gasteiger partial charge in [0.15, 0.2) is 0 Å². The van der Waals surface area contributed by atoms with E-state index in [1.807, 2.05) is 34.6 Å². The van der Waals surface area contributed by atoms with Gasteiger partial charge in [-0.1, -0.05) is 13.8 Å². The number of carbonyl (C=O) groups excluding carboxylic acids is 2. The summed E-state index contributed by atoms with van der Waals surface area (Å²) < 4.78 is 10.4. The van der Waals surface area contributed by atoms with Gasteiger partial charge >= 0.3 is 12.1 Å². The average molecular weight is 389 g/mol. The number of thioether (sulfide) groups is 1. The zero-order valence-electron chi connectivity index (χ0n) is 16.8. The highest BCUT2D eigenvalue weighted by atomic mass is 32.2. The number of amides is 1. The molecule has 1 aliphatic rings. The smallest absolute Gasteiger partial charge is 0.410 e. The summed E-state index contributed by atoms with van der Waals surface area (Å²) in [6, 6.07) is -0.315. The van der Waals surface area contributed by atoms with Gasteiger partial charge < -0.3 is 19.5 Å². The normalized spacial score (nSPS) is 19.7. The third-order valence-electron chi connectivity index (χ3n) is 3.91. The summed E-state index contributed by atoms with van der Waals surface area (Å²) in [7, 11) is 1.69. The van der Waals surface area contributed by atoms with Crippen molar-refractivity contribution in [1.82, 2.24) is 4.90 Å². The van der Waals surface area contributed by atoms with Gasteiger partial charge in [-0.05, 0) is 26.7 Å². The number of hydrogen-bond acceptors (Lipinski definition) is 7. The lowest BCUT2D eigenvalue weighted by atomic mass is 9.97. The molecule has 0 aromatic heterocycles. The molecule has 0 aromatic carbocycles. The molecule has 3 atom stereocenters. The van der Waals surface area contributed by atoms with Crippen molar-refractivity contribution in [1.29, 1.82) is 0 Å². The van der Waals surface area contributed by atoms with Crippen molar-refractivity contribution in [3.05, 3.63) is 0 Å². The van der Waals surface area contributed by atoms with E-state index < -0.39 is 17.8 Å². The Labute approximate surface area is 160 Å². The number of esters is 1. The third-order valence-corrected chi connectivity index (χ3v) is 5.14. The Balaban J connectivity index is 2.70. The van der Waals surface area contributed by atoms with E-state index in [2.05, 4.69) is 4.99 Å². The number of hydrogen-bond donors (Lipinski definition) is 1. The zero-order valence-corrected chi connectivity index (χ0v) is 17.6. The van der Waals surface area contributed by atoms with Crippen LogP contribution < -0.4 is 0 Å². The standard InChI is InChI=1S/C18H32N2O5S/c1-11(2)14(20(7)17(23)25-18(4,5)6)8-15(22)16-19-13(10-26-16)9-24-12(3)21/h11,13-15,22H,8-10H2,1-7H3/t13?,14-,15-/m1/s1. The van der Waals surface area contributed by atoms with Crippen molar-refractivity contribution < 1.29 is 24.2 Å². The van der Waals surface area contributed by atoms with Crippen LogP contribution in [0.25, 0.3) is 0 Å². The molecule has 26 heavy (non-hydrogen) atoms. The number of aliphatic hydroxyl groups excluding tert-OH is 1. The van der Waals surface area contributed by atoms with Gasteiger partial charge in [-0.3, -0.25) is 9.79 Å². The lowest BCUT2D eigenvalue weighted by molar-refractivity contribution is -0.141. The summed E-state index contributed by atoms with van der Waals surface area (Å²) >= 11 is 1.47. The Kier molecular flexibility index (Phi) is 8.40. The van der Waals surface area contributed by atoms with Gasteiger partial charge in [-0.15, -0.1) is 11.8 Å². The van der Waals surface area contributed by atoms with Crippen LogP contribution in [0.3, 0.4) is 0 Å². The summed E-state index contributed by atoms with van der Waals surface area (Å²) in [6.45, 7) is 11.1. The third kappa shape index (κ3) is 7.53. The van der Waals surface area contributed by atoms with Gasteiger partial charge in [-0.25, -0.2) is 4.79 Å². The van der Waals surface area contributed by atoms with Crippen LogP contribution >= 0.6 is 11.8 Å². The molecule has 150 valence electrons. The number of carbonyl (C=O) groups is 2. The van der Waals surface area contributed by atoms with Gasteiger partial charge in [-0.2, -0.15) is 0 Å². The maximum absolute atomic E-state index is 12.3. The largest absolute Gasteiger partial charge is 0.464 e. The van der Waals surface area contributed by atoms with Gasteiger partial charge in [0.05, 0.1) is 11.1 Å². The van der Waals surface area contributed by atoms with Crippen LogP contribution in [0.5, 0.6) is 0 Å². The Morgan fingerprint density at radius 1 is 1.38 bits per heavy atom. The summed E-state index contributed by atoms with van der Waals surface area (Å²) in [5, 5.41) is 11.2. The maximum Gasteiger partial charge on any atom is 0.410 e. The number of rotatable bonds is 7. The second-order valence-electron chi connectivity index (χ2n) is 7.89. The molecule has 0 saturated heterocycles. The quantitative estimate of drug-likeness (QED) is 0.675. The fraction of sp³-hybridized carbons (Fsp3) is 0.833. The van der Waals surface area contributed by atoms with Crippen LogP contribution in [0.2, 0.25) is 0 Å². The van der Waals surface area contributed by atoms with E-state index >= 15 is 0 Å². The van der Waals surface area contributed by atoms with Crippen molar-refractivity contribution >= 4 is 28.9 Å². The van der Waals surface area contributed by atoms with Gasteiger partial charge in [0.2, 0.25) is 0 Å². The SMILES string of the molecule is CC(=O)OCC1CSC([C@H](O)C[C@H](C(C)C)N(C)C(=O)OC(C)(C)C)=N1. The van der Waals surface area contributed by atoms with Crippen molar-refractivity contribution in [2.45, 2.75) is 71.8 Å². The lowest BCUT2D eigenvalue weighted by Gasteiger charge is -2.34. The van der Waals surface area contributed by atoms with Crippen LogP contribution in [0.15, 0.2) is 4.99 Å². The fourth-order valence-electron chi connectivity index (χ4n) is 2.59. The molecule has 0 aliphatic carbocycles. The molecular weight excluding hydrogens is 356 g/mol. The lowest BCUT2D eigenvalue weighted by Crippen LogP contribution is -2.45. The molecule has 1 unspecified atom stereocenters. The van der Waals surface area contributed by atoms with E-state index in [1.165, 1.54) is 18.7 Å². The predicted molar refractivity (Wildman–Crippen MR) is 104 cm³/mol. The summed E-state index contributed by atoms with van der Waals surface area (Å²) in [5.74, 6) is 0.484. The highest BCUT2D eigenvalue weighted by molar-refractivity contribution is 8.14. The highest BCUT2D eigenvalue weighted by Gasteiger charge is 2.32. The van der Waals surface area contributed by atoms with E-state index in [0.29, 0.717) is 17.2 Å². The predicted octanol–water partition coefficient (Wildman–Crippen LogP) is 2.71. The molecule has 1 amide bonds. The van der Waals surface area contributed by atoms with Gasteiger partial charge in [0.1, 0.15) is 18.3 Å². The first-order valence-electron chi connectivity index (χ1n) is 8.88. The molecule has 1 N–H and O–H groups in total. The van der Waals surface area contributed by atoms with Crippen molar-refractivity contribution in [3.8, 4) is 0 Å². The Bertz CT molecular complexity index is 530. The summed E-state index contributed by atoms with van der Waals surface area (Å²) in [4.78, 5) is 29.2. The van der Waals surface area contributed by atoms with E-state index in [-0.39, 0.29) is 30.6 Å². The Hall–Kier alpha value is -1.28. The van der Waals surface area contributed by atoms with E-state index in [9.17, 15) is 14.7 Å². The number of ether oxygens (including phenoxy) is 2. The molecule has 1 rings (SSSR count). The molecule has 7 nitrogen and oxygen atoms in total. The van der Waals surface area contributed by atoms with Gasteiger partial charge in [0, 0.05) is 32.2 Å². The van der Waals surface area contributed by atoms with Crippen molar-refractivity contribution in [2.75, 3.05) is 19.4 Å². The average Bonchev–Trinajstić information content (AvgIpc) is 2.96. The van der Waals surface area contributed by atoms with Crippen LogP contribution in [-0.4, -0.2) is 70.3 Å². The molecule has 0 bridgehead atoms. The maximum atomic E-state index is 12.3. The second kappa shape index (κ2) is 9.60. The van der Waals surface area contributed by atoms with E-state index in [1.54, 1.807) is 11.9 Å². The topological polar surface area (TPSA) is 88.4 Å². The Morgan fingerprint density at radius 2 is 2.00 bits per heavy atom. The van der Waals surface area contributed by atoms with Crippen LogP contribution in [-0.2, 0) is 14.3 Å². The minimum atomic E-state index is -0.764. The second-order valence-corrected chi connectivity index (χ2v) is 8.93. The van der Waals surface area contributed by atoms with Crippen LogP contribution in [0.4, 0.5) is 4.79 Å². The summed E-state index contributed by atoms with van der Waals surface area (Å²) in [6.07, 6.45) is -0.795.